The van der Waals surface area contributed by atoms with Crippen molar-refractivity contribution in [2.75, 3.05) is 20.1 Å². The number of nitrogens with one attached hydrogen (secondary N) is 1. The fourth-order valence-corrected chi connectivity index (χ4v) is 5.43. The van der Waals surface area contributed by atoms with E-state index < -0.39 is 10.0 Å². The second-order valence-corrected chi connectivity index (χ2v) is 8.47. The molecule has 1 amide bonds. The lowest BCUT2D eigenvalue weighted by molar-refractivity contribution is 0.0550. The van der Waals surface area contributed by atoms with Crippen LogP contribution in [0.5, 0.6) is 0 Å². The van der Waals surface area contributed by atoms with E-state index in [2.05, 4.69) is 20.7 Å². The summed E-state index contributed by atoms with van der Waals surface area (Å²) in [5, 5.41) is 9.44. The third kappa shape index (κ3) is 3.22. The molecule has 2 N–H and O–H groups in total. The summed E-state index contributed by atoms with van der Waals surface area (Å²) < 4.78 is 26.3. The van der Waals surface area contributed by atoms with Crippen LogP contribution in [0.4, 0.5) is 0 Å². The van der Waals surface area contributed by atoms with Crippen LogP contribution in [0.25, 0.3) is 0 Å². The number of likely N-dealkylation sites (tertiary alicyclic amines) is 1. The van der Waals surface area contributed by atoms with Crippen molar-refractivity contribution in [3.63, 3.8) is 0 Å². The van der Waals surface area contributed by atoms with Crippen molar-refractivity contribution in [2.45, 2.75) is 23.2 Å². The van der Waals surface area contributed by atoms with Gasteiger partial charge in [-0.15, -0.1) is 11.3 Å². The van der Waals surface area contributed by atoms with Crippen LogP contribution < -0.4 is 4.72 Å². The first-order chi connectivity index (χ1) is 9.35. The summed E-state index contributed by atoms with van der Waals surface area (Å²) in [6, 6.07) is 1.53. The highest BCUT2D eigenvalue weighted by molar-refractivity contribution is 9.10. The molecule has 20 heavy (non-hydrogen) atoms. The first-order valence-corrected chi connectivity index (χ1v) is 9.14. The molecule has 1 aliphatic heterocycles. The lowest BCUT2D eigenvalue weighted by Crippen LogP contribution is -2.39. The molecule has 0 unspecified atom stereocenters. The number of hydrogen-bond acceptors (Lipinski definition) is 5. The average molecular weight is 383 g/mol. The molecule has 0 spiro atoms. The van der Waals surface area contributed by atoms with E-state index in [1.165, 1.54) is 13.1 Å². The molecular formula is C11H15BrN2O4S2. The van der Waals surface area contributed by atoms with E-state index in [0.29, 0.717) is 35.3 Å². The third-order valence-corrected chi connectivity index (χ3v) is 7.35. The van der Waals surface area contributed by atoms with Gasteiger partial charge < -0.3 is 10.0 Å². The maximum atomic E-state index is 12.3. The van der Waals surface area contributed by atoms with Crippen molar-refractivity contribution in [3.8, 4) is 0 Å². The van der Waals surface area contributed by atoms with Gasteiger partial charge in [-0.2, -0.15) is 0 Å². The van der Waals surface area contributed by atoms with Gasteiger partial charge in [0.1, 0.15) is 4.21 Å². The fourth-order valence-electron chi connectivity index (χ4n) is 1.96. The smallest absolute Gasteiger partial charge is 0.264 e. The number of carbonyl (C=O) groups excluding carboxylic acids is 1. The molecule has 0 saturated carbocycles. The molecule has 0 aromatic carbocycles. The van der Waals surface area contributed by atoms with Crippen molar-refractivity contribution in [1.29, 1.82) is 0 Å². The molecule has 0 bridgehead atoms. The molecule has 0 radical (unpaired) electrons. The molecule has 1 aliphatic rings. The van der Waals surface area contributed by atoms with Crippen LogP contribution in [0.3, 0.4) is 0 Å². The van der Waals surface area contributed by atoms with Crippen LogP contribution >= 0.6 is 27.3 Å². The SMILES string of the molecule is CNS(=O)(=O)c1sc(C(=O)N2CCC(O)CC2)cc1Br. The van der Waals surface area contributed by atoms with Gasteiger partial charge in [0.15, 0.2) is 0 Å². The fraction of sp³-hybridized carbons (Fsp3) is 0.545. The van der Waals surface area contributed by atoms with Gasteiger partial charge in [-0.05, 0) is 41.9 Å². The van der Waals surface area contributed by atoms with Gasteiger partial charge in [0, 0.05) is 17.6 Å². The Kier molecular flexibility index (Phi) is 4.85. The first-order valence-electron chi connectivity index (χ1n) is 6.05. The predicted molar refractivity (Wildman–Crippen MR) is 79.4 cm³/mol. The summed E-state index contributed by atoms with van der Waals surface area (Å²) in [6.07, 6.45) is 0.759. The number of hydrogen-bond donors (Lipinski definition) is 2. The van der Waals surface area contributed by atoms with Gasteiger partial charge in [0.25, 0.3) is 15.9 Å². The third-order valence-electron chi connectivity index (χ3n) is 3.13. The van der Waals surface area contributed by atoms with Gasteiger partial charge in [-0.25, -0.2) is 13.1 Å². The quantitative estimate of drug-likeness (QED) is 0.816. The average Bonchev–Trinajstić information content (AvgIpc) is 2.81. The summed E-state index contributed by atoms with van der Waals surface area (Å²) in [7, 11) is -2.24. The Bertz CT molecular complexity index is 606. The highest BCUT2D eigenvalue weighted by Crippen LogP contribution is 2.32. The van der Waals surface area contributed by atoms with Crippen LogP contribution in [0.15, 0.2) is 14.7 Å². The van der Waals surface area contributed by atoms with E-state index in [1.807, 2.05) is 0 Å². The lowest BCUT2D eigenvalue weighted by Gasteiger charge is -2.29. The number of carbonyl (C=O) groups is 1. The predicted octanol–water partition coefficient (Wildman–Crippen LogP) is 1.02. The van der Waals surface area contributed by atoms with Crippen LogP contribution in [0.1, 0.15) is 22.5 Å². The first kappa shape index (κ1) is 15.9. The summed E-state index contributed by atoms with van der Waals surface area (Å²) in [4.78, 5) is 14.3. The zero-order valence-electron chi connectivity index (χ0n) is 10.8. The van der Waals surface area contributed by atoms with Gasteiger partial charge in [-0.3, -0.25) is 4.79 Å². The summed E-state index contributed by atoms with van der Waals surface area (Å²) in [5.74, 6) is -0.194. The highest BCUT2D eigenvalue weighted by Gasteiger charge is 2.27. The maximum absolute atomic E-state index is 12.3. The molecule has 1 aromatic rings. The largest absolute Gasteiger partial charge is 0.393 e. The molecule has 1 fully saturated rings. The molecule has 112 valence electrons. The van der Waals surface area contributed by atoms with Gasteiger partial charge >= 0.3 is 0 Å². The van der Waals surface area contributed by atoms with Crippen molar-refractivity contribution in [3.05, 3.63) is 15.4 Å². The highest BCUT2D eigenvalue weighted by atomic mass is 79.9. The normalized spacial score (nSPS) is 17.4. The van der Waals surface area contributed by atoms with E-state index >= 15 is 0 Å². The van der Waals surface area contributed by atoms with Crippen LogP contribution in [-0.2, 0) is 10.0 Å². The maximum Gasteiger partial charge on any atom is 0.264 e. The summed E-state index contributed by atoms with van der Waals surface area (Å²) in [6.45, 7) is 0.979. The number of amides is 1. The molecule has 9 heteroatoms. The lowest BCUT2D eigenvalue weighted by atomic mass is 10.1. The monoisotopic (exact) mass is 382 g/mol. The Hall–Kier alpha value is -0.480. The number of piperidine rings is 1. The molecule has 1 saturated heterocycles. The molecule has 2 heterocycles. The second kappa shape index (κ2) is 6.10. The van der Waals surface area contributed by atoms with Gasteiger partial charge in [0.05, 0.1) is 11.0 Å². The van der Waals surface area contributed by atoms with E-state index in [1.54, 1.807) is 4.90 Å². The van der Waals surface area contributed by atoms with Crippen molar-refractivity contribution >= 4 is 43.2 Å². The molecule has 2 rings (SSSR count). The number of halogens is 1. The van der Waals surface area contributed by atoms with Crippen molar-refractivity contribution in [1.82, 2.24) is 9.62 Å². The number of aliphatic hydroxyl groups excluding tert-OH is 1. The van der Waals surface area contributed by atoms with Crippen LogP contribution in [-0.4, -0.2) is 50.6 Å². The minimum Gasteiger partial charge on any atom is -0.393 e. The minimum atomic E-state index is -3.57. The molecule has 0 atom stereocenters. The zero-order valence-corrected chi connectivity index (χ0v) is 14.0. The Balaban J connectivity index is 2.22. The summed E-state index contributed by atoms with van der Waals surface area (Å²) in [5.41, 5.74) is 0. The number of thiophene rings is 1. The molecule has 6 nitrogen and oxygen atoms in total. The number of aliphatic hydroxyl groups is 1. The van der Waals surface area contributed by atoms with Crippen LogP contribution in [0, 0.1) is 0 Å². The topological polar surface area (TPSA) is 86.7 Å². The second-order valence-electron chi connectivity index (χ2n) is 4.48. The number of nitrogens with zero attached hydrogens (tertiary/aromatic N) is 1. The van der Waals surface area contributed by atoms with Gasteiger partial charge in [0.2, 0.25) is 0 Å². The Morgan fingerprint density at radius 2 is 2.10 bits per heavy atom. The molecular weight excluding hydrogens is 368 g/mol. The molecule has 0 aliphatic carbocycles. The Morgan fingerprint density at radius 1 is 1.50 bits per heavy atom. The van der Waals surface area contributed by atoms with E-state index in [9.17, 15) is 18.3 Å². The number of sulfonamides is 1. The van der Waals surface area contributed by atoms with E-state index in [0.717, 1.165) is 11.3 Å². The molecule has 1 aromatic heterocycles. The van der Waals surface area contributed by atoms with Gasteiger partial charge in [-0.1, -0.05) is 0 Å². The summed E-state index contributed by atoms with van der Waals surface area (Å²) >= 11 is 4.12. The Labute approximate surface area is 130 Å². The zero-order chi connectivity index (χ0) is 14.9. The van der Waals surface area contributed by atoms with Crippen molar-refractivity contribution in [2.24, 2.45) is 0 Å². The van der Waals surface area contributed by atoms with E-state index in [4.69, 9.17) is 0 Å². The number of rotatable bonds is 3. The van der Waals surface area contributed by atoms with E-state index in [-0.39, 0.29) is 16.2 Å². The van der Waals surface area contributed by atoms with Crippen molar-refractivity contribution < 1.29 is 18.3 Å². The van der Waals surface area contributed by atoms with Crippen LogP contribution in [0.2, 0.25) is 0 Å². The standard InChI is InChI=1S/C11H15BrN2O4S2/c1-13-20(17,18)11-8(12)6-9(19-11)10(16)14-4-2-7(15)3-5-14/h6-7,13,15H,2-5H2,1H3. The Morgan fingerprint density at radius 3 is 2.65 bits per heavy atom. The minimum absolute atomic E-state index is 0.0976.